The highest BCUT2D eigenvalue weighted by molar-refractivity contribution is 6.31. The maximum absolute atomic E-state index is 8.81. The quantitative estimate of drug-likeness (QED) is 0.824. The summed E-state index contributed by atoms with van der Waals surface area (Å²) in [4.78, 5) is 2.35. The topological polar surface area (TPSA) is 36.3 Å². The van der Waals surface area contributed by atoms with Gasteiger partial charge in [-0.3, -0.25) is 4.90 Å². The molecule has 0 aliphatic carbocycles. The van der Waals surface area contributed by atoms with Crippen molar-refractivity contribution in [1.29, 1.82) is 5.26 Å². The summed E-state index contributed by atoms with van der Waals surface area (Å²) in [6.07, 6.45) is 1.32. The van der Waals surface area contributed by atoms with Crippen LogP contribution in [0.1, 0.15) is 24.5 Å². The number of hydrogen-bond donors (Lipinski definition) is 0. The number of benzene rings is 1. The number of nitriles is 1. The van der Waals surface area contributed by atoms with Crippen LogP contribution < -0.4 is 0 Å². The number of nitrogens with zero attached hydrogens (tertiary/aromatic N) is 2. The largest absolute Gasteiger partial charge is 0.377 e. The molecule has 0 spiro atoms. The summed E-state index contributed by atoms with van der Waals surface area (Å²) in [5, 5.41) is 9.48. The minimum Gasteiger partial charge on any atom is -0.377 e. The summed E-state index contributed by atoms with van der Waals surface area (Å²) in [5.74, 6) is 0. The molecule has 1 unspecified atom stereocenters. The molecule has 2 rings (SSSR count). The molecule has 1 aliphatic rings. The average molecular weight is 265 g/mol. The molecule has 1 fully saturated rings. The molecule has 0 amide bonds. The van der Waals surface area contributed by atoms with Crippen LogP contribution in [0.5, 0.6) is 0 Å². The Kier molecular flexibility index (Phi) is 4.60. The third-order valence-electron chi connectivity index (χ3n) is 3.11. The first-order valence-corrected chi connectivity index (χ1v) is 6.59. The Hall–Kier alpha value is -1.08. The van der Waals surface area contributed by atoms with Gasteiger partial charge in [0, 0.05) is 31.3 Å². The summed E-state index contributed by atoms with van der Waals surface area (Å²) in [6.45, 7) is 5.70. The van der Waals surface area contributed by atoms with E-state index in [1.807, 2.05) is 12.1 Å². The van der Waals surface area contributed by atoms with Crippen molar-refractivity contribution in [3.8, 4) is 6.07 Å². The second-order valence-electron chi connectivity index (χ2n) is 4.69. The molecule has 0 aromatic heterocycles. The molecular formula is C14H17ClN2O. The van der Waals surface area contributed by atoms with Gasteiger partial charge in [0.2, 0.25) is 0 Å². The van der Waals surface area contributed by atoms with Gasteiger partial charge in [0.15, 0.2) is 0 Å². The number of hydrogen-bond acceptors (Lipinski definition) is 3. The maximum atomic E-state index is 8.81. The van der Waals surface area contributed by atoms with E-state index in [9.17, 15) is 0 Å². The molecule has 1 atom stereocenters. The second-order valence-corrected chi connectivity index (χ2v) is 5.10. The van der Waals surface area contributed by atoms with E-state index in [4.69, 9.17) is 21.6 Å². The van der Waals surface area contributed by atoms with Crippen molar-refractivity contribution < 1.29 is 4.74 Å². The molecule has 1 aromatic rings. The van der Waals surface area contributed by atoms with E-state index in [1.165, 1.54) is 0 Å². The Bertz CT molecular complexity index is 456. The molecular weight excluding hydrogens is 248 g/mol. The van der Waals surface area contributed by atoms with Gasteiger partial charge in [-0.2, -0.15) is 5.26 Å². The van der Waals surface area contributed by atoms with Crippen LogP contribution in [0.15, 0.2) is 18.2 Å². The highest BCUT2D eigenvalue weighted by Crippen LogP contribution is 2.20. The highest BCUT2D eigenvalue weighted by atomic mass is 35.5. The lowest BCUT2D eigenvalue weighted by Gasteiger charge is -2.22. The molecule has 1 aliphatic heterocycles. The van der Waals surface area contributed by atoms with E-state index in [0.717, 1.165) is 38.2 Å². The summed E-state index contributed by atoms with van der Waals surface area (Å²) in [7, 11) is 0. The van der Waals surface area contributed by atoms with Crippen LogP contribution >= 0.6 is 11.6 Å². The molecule has 4 heteroatoms. The number of halogens is 1. The first-order valence-electron chi connectivity index (χ1n) is 6.21. The van der Waals surface area contributed by atoms with E-state index in [2.05, 4.69) is 17.9 Å². The van der Waals surface area contributed by atoms with Gasteiger partial charge in [-0.15, -0.1) is 0 Å². The van der Waals surface area contributed by atoms with Crippen LogP contribution in [0.2, 0.25) is 5.02 Å². The van der Waals surface area contributed by atoms with Crippen molar-refractivity contribution in [1.82, 2.24) is 4.90 Å². The zero-order chi connectivity index (χ0) is 13.0. The molecule has 1 heterocycles. The Labute approximate surface area is 113 Å². The normalized spacial score (nSPS) is 21.3. The Morgan fingerprint density at radius 1 is 1.56 bits per heavy atom. The lowest BCUT2D eigenvalue weighted by atomic mass is 10.1. The van der Waals surface area contributed by atoms with Gasteiger partial charge in [-0.05, 0) is 31.0 Å². The monoisotopic (exact) mass is 264 g/mol. The summed E-state index contributed by atoms with van der Waals surface area (Å²) < 4.78 is 5.62. The van der Waals surface area contributed by atoms with Gasteiger partial charge in [-0.25, -0.2) is 0 Å². The van der Waals surface area contributed by atoms with Gasteiger partial charge in [0.05, 0.1) is 17.7 Å². The third-order valence-corrected chi connectivity index (χ3v) is 3.46. The molecule has 1 saturated heterocycles. The maximum Gasteiger partial charge on any atom is 0.0992 e. The van der Waals surface area contributed by atoms with E-state index in [-0.39, 0.29) is 6.10 Å². The summed E-state index contributed by atoms with van der Waals surface area (Å²) >= 11 is 6.20. The zero-order valence-corrected chi connectivity index (χ0v) is 11.3. The molecule has 0 saturated carbocycles. The van der Waals surface area contributed by atoms with Gasteiger partial charge < -0.3 is 4.74 Å². The first-order chi connectivity index (χ1) is 8.69. The van der Waals surface area contributed by atoms with E-state index < -0.39 is 0 Å². The molecule has 3 nitrogen and oxygen atoms in total. The van der Waals surface area contributed by atoms with Crippen molar-refractivity contribution in [2.75, 3.05) is 19.7 Å². The molecule has 0 bridgehead atoms. The minimum absolute atomic E-state index is 0.268. The lowest BCUT2D eigenvalue weighted by molar-refractivity contribution is 0.0668. The van der Waals surface area contributed by atoms with Gasteiger partial charge >= 0.3 is 0 Å². The highest BCUT2D eigenvalue weighted by Gasteiger charge is 2.16. The Balaban J connectivity index is 2.06. The molecule has 0 radical (unpaired) electrons. The molecule has 1 aromatic carbocycles. The third kappa shape index (κ3) is 3.46. The van der Waals surface area contributed by atoms with Crippen LogP contribution in [-0.4, -0.2) is 30.7 Å². The molecule has 96 valence electrons. The molecule has 18 heavy (non-hydrogen) atoms. The summed E-state index contributed by atoms with van der Waals surface area (Å²) in [6, 6.07) is 7.59. The first kappa shape index (κ1) is 13.4. The Morgan fingerprint density at radius 3 is 3.11 bits per heavy atom. The van der Waals surface area contributed by atoms with Crippen molar-refractivity contribution in [3.05, 3.63) is 34.3 Å². The van der Waals surface area contributed by atoms with Crippen LogP contribution in [0.3, 0.4) is 0 Å². The molecule has 0 N–H and O–H groups in total. The van der Waals surface area contributed by atoms with Gasteiger partial charge in [0.25, 0.3) is 0 Å². The van der Waals surface area contributed by atoms with Crippen molar-refractivity contribution in [2.45, 2.75) is 26.0 Å². The van der Waals surface area contributed by atoms with Gasteiger partial charge in [0.1, 0.15) is 0 Å². The fraction of sp³-hybridized carbons (Fsp3) is 0.500. The Morgan fingerprint density at radius 2 is 2.39 bits per heavy atom. The van der Waals surface area contributed by atoms with Crippen molar-refractivity contribution in [3.63, 3.8) is 0 Å². The smallest absolute Gasteiger partial charge is 0.0992 e. The van der Waals surface area contributed by atoms with E-state index >= 15 is 0 Å². The van der Waals surface area contributed by atoms with Crippen LogP contribution in [0.25, 0.3) is 0 Å². The van der Waals surface area contributed by atoms with Crippen molar-refractivity contribution in [2.24, 2.45) is 0 Å². The SMILES string of the molecule is CC1CN(Cc2ccc(C#N)cc2Cl)CCCO1. The minimum atomic E-state index is 0.268. The lowest BCUT2D eigenvalue weighted by Crippen LogP contribution is -2.29. The van der Waals surface area contributed by atoms with Crippen LogP contribution in [0, 0.1) is 11.3 Å². The standard InChI is InChI=1S/C14H17ClN2O/c1-11-9-17(5-2-6-18-11)10-13-4-3-12(8-16)7-14(13)15/h3-4,7,11H,2,5-6,9-10H2,1H3. The average Bonchev–Trinajstić information content (AvgIpc) is 2.56. The van der Waals surface area contributed by atoms with Gasteiger partial charge in [-0.1, -0.05) is 17.7 Å². The number of rotatable bonds is 2. The van der Waals surface area contributed by atoms with Crippen LogP contribution in [0.4, 0.5) is 0 Å². The predicted molar refractivity (Wildman–Crippen MR) is 71.5 cm³/mol. The second kappa shape index (κ2) is 6.19. The van der Waals surface area contributed by atoms with Crippen LogP contribution in [-0.2, 0) is 11.3 Å². The summed E-state index contributed by atoms with van der Waals surface area (Å²) in [5.41, 5.74) is 1.68. The predicted octanol–water partition coefficient (Wildman–Crippen LogP) is 2.82. The fourth-order valence-corrected chi connectivity index (χ4v) is 2.45. The fourth-order valence-electron chi connectivity index (χ4n) is 2.21. The van der Waals surface area contributed by atoms with E-state index in [1.54, 1.807) is 6.07 Å². The van der Waals surface area contributed by atoms with Crippen molar-refractivity contribution >= 4 is 11.6 Å². The van der Waals surface area contributed by atoms with E-state index in [0.29, 0.717) is 10.6 Å². The number of ether oxygens (including phenoxy) is 1. The zero-order valence-electron chi connectivity index (χ0n) is 10.5.